The summed E-state index contributed by atoms with van der Waals surface area (Å²) in [5.74, 6) is 1.05. The van der Waals surface area contributed by atoms with Crippen LogP contribution in [0.15, 0.2) is 0 Å². The lowest BCUT2D eigenvalue weighted by Crippen LogP contribution is -2.55. The topological polar surface area (TPSA) is 49.9 Å². The average Bonchev–Trinajstić information content (AvgIpc) is 3.09. The van der Waals surface area contributed by atoms with Gasteiger partial charge < -0.3 is 14.5 Å². The number of hydrogen-bond acceptors (Lipinski definition) is 3. The van der Waals surface area contributed by atoms with Crippen LogP contribution in [0.3, 0.4) is 0 Å². The summed E-state index contributed by atoms with van der Waals surface area (Å²) in [6.45, 7) is 4.75. The Kier molecular flexibility index (Phi) is 6.14. The van der Waals surface area contributed by atoms with Gasteiger partial charge in [0, 0.05) is 51.7 Å². The van der Waals surface area contributed by atoms with Crippen molar-refractivity contribution in [2.75, 3.05) is 26.3 Å². The summed E-state index contributed by atoms with van der Waals surface area (Å²) in [6, 6.07) is 0.470. The molecule has 2 heterocycles. The molecule has 0 aromatic heterocycles. The highest BCUT2D eigenvalue weighted by molar-refractivity contribution is 5.77. The molecule has 136 valence electrons. The fourth-order valence-corrected chi connectivity index (χ4v) is 4.77. The van der Waals surface area contributed by atoms with Gasteiger partial charge in [-0.15, -0.1) is 0 Å². The molecule has 0 aromatic rings. The molecule has 0 bridgehead atoms. The molecule has 2 saturated heterocycles. The molecular weight excluding hydrogens is 304 g/mol. The first-order valence-electron chi connectivity index (χ1n) is 9.79. The van der Waals surface area contributed by atoms with Crippen LogP contribution in [0.4, 0.5) is 0 Å². The monoisotopic (exact) mass is 336 g/mol. The Hall–Kier alpha value is -1.10. The van der Waals surface area contributed by atoms with Gasteiger partial charge in [0.15, 0.2) is 0 Å². The first-order valence-corrected chi connectivity index (χ1v) is 9.79. The number of piperidine rings is 1. The van der Waals surface area contributed by atoms with Crippen molar-refractivity contribution < 1.29 is 14.3 Å². The van der Waals surface area contributed by atoms with Gasteiger partial charge in [0.25, 0.3) is 0 Å². The maximum absolute atomic E-state index is 12.7. The Morgan fingerprint density at radius 3 is 2.38 bits per heavy atom. The van der Waals surface area contributed by atoms with Crippen molar-refractivity contribution in [3.05, 3.63) is 0 Å². The molecule has 1 unspecified atom stereocenters. The largest absolute Gasteiger partial charge is 0.381 e. The van der Waals surface area contributed by atoms with E-state index in [-0.39, 0.29) is 18.0 Å². The second-order valence-corrected chi connectivity index (χ2v) is 7.76. The van der Waals surface area contributed by atoms with E-state index in [1.54, 1.807) is 6.92 Å². The molecule has 2 aliphatic heterocycles. The minimum Gasteiger partial charge on any atom is -0.381 e. The van der Waals surface area contributed by atoms with Gasteiger partial charge in [-0.25, -0.2) is 0 Å². The summed E-state index contributed by atoms with van der Waals surface area (Å²) < 4.78 is 5.45. The molecule has 5 nitrogen and oxygen atoms in total. The van der Waals surface area contributed by atoms with Crippen molar-refractivity contribution in [1.29, 1.82) is 0 Å². The molecule has 0 radical (unpaired) electrons. The predicted octanol–water partition coefficient (Wildman–Crippen LogP) is 2.59. The Bertz CT molecular complexity index is 442. The van der Waals surface area contributed by atoms with Crippen molar-refractivity contribution in [1.82, 2.24) is 9.80 Å². The third-order valence-corrected chi connectivity index (χ3v) is 6.03. The average molecular weight is 336 g/mol. The maximum Gasteiger partial charge on any atom is 0.222 e. The molecule has 0 N–H and O–H groups in total. The standard InChI is InChI=1S/C19H32N2O3/c1-15(22)21(17-8-11-24-12-9-17)18-7-4-10-20(14-18)19(23)13-16-5-2-3-6-16/h16-18H,2-14H2,1H3. The van der Waals surface area contributed by atoms with Gasteiger partial charge in [-0.1, -0.05) is 12.8 Å². The first-order chi connectivity index (χ1) is 11.6. The molecular formula is C19H32N2O3. The summed E-state index contributed by atoms with van der Waals surface area (Å²) in [4.78, 5) is 29.0. The highest BCUT2D eigenvalue weighted by Crippen LogP contribution is 2.29. The Morgan fingerprint density at radius 1 is 1.00 bits per heavy atom. The number of rotatable bonds is 4. The molecule has 24 heavy (non-hydrogen) atoms. The normalized spacial score (nSPS) is 26.5. The number of nitrogens with zero attached hydrogens (tertiary/aromatic N) is 2. The van der Waals surface area contributed by atoms with Crippen LogP contribution in [-0.4, -0.2) is 60.0 Å². The van der Waals surface area contributed by atoms with Crippen molar-refractivity contribution >= 4 is 11.8 Å². The van der Waals surface area contributed by atoms with E-state index >= 15 is 0 Å². The zero-order chi connectivity index (χ0) is 16.9. The van der Waals surface area contributed by atoms with E-state index in [2.05, 4.69) is 4.90 Å². The summed E-state index contributed by atoms with van der Waals surface area (Å²) in [5, 5.41) is 0. The smallest absolute Gasteiger partial charge is 0.222 e. The maximum atomic E-state index is 12.7. The fourth-order valence-electron chi connectivity index (χ4n) is 4.77. The lowest BCUT2D eigenvalue weighted by Gasteiger charge is -2.44. The van der Waals surface area contributed by atoms with E-state index < -0.39 is 0 Å². The van der Waals surface area contributed by atoms with Gasteiger partial charge in [0.1, 0.15) is 0 Å². The second-order valence-electron chi connectivity index (χ2n) is 7.76. The number of carbonyl (C=O) groups excluding carboxylic acids is 2. The highest BCUT2D eigenvalue weighted by atomic mass is 16.5. The van der Waals surface area contributed by atoms with Crippen LogP contribution in [0.2, 0.25) is 0 Å². The third-order valence-electron chi connectivity index (χ3n) is 6.03. The summed E-state index contributed by atoms with van der Waals surface area (Å²) >= 11 is 0. The summed E-state index contributed by atoms with van der Waals surface area (Å²) in [7, 11) is 0. The van der Waals surface area contributed by atoms with Gasteiger partial charge in [0.2, 0.25) is 11.8 Å². The van der Waals surface area contributed by atoms with Crippen LogP contribution in [-0.2, 0) is 14.3 Å². The van der Waals surface area contributed by atoms with Gasteiger partial charge in [-0.3, -0.25) is 9.59 Å². The van der Waals surface area contributed by atoms with E-state index in [0.29, 0.717) is 18.2 Å². The van der Waals surface area contributed by atoms with Crippen LogP contribution in [0, 0.1) is 5.92 Å². The SMILES string of the molecule is CC(=O)N(C1CCOCC1)C1CCCN(C(=O)CC2CCCC2)C1. The van der Waals surface area contributed by atoms with Crippen LogP contribution in [0.5, 0.6) is 0 Å². The molecule has 2 amide bonds. The number of hydrogen-bond donors (Lipinski definition) is 0. The molecule has 5 heteroatoms. The van der Waals surface area contributed by atoms with E-state index in [4.69, 9.17) is 4.74 Å². The number of carbonyl (C=O) groups is 2. The third kappa shape index (κ3) is 4.29. The molecule has 0 aromatic carbocycles. The molecule has 1 saturated carbocycles. The van der Waals surface area contributed by atoms with E-state index in [1.807, 2.05) is 4.90 Å². The van der Waals surface area contributed by atoms with Crippen molar-refractivity contribution in [2.45, 2.75) is 76.8 Å². The second kappa shape index (κ2) is 8.32. The lowest BCUT2D eigenvalue weighted by atomic mass is 9.97. The van der Waals surface area contributed by atoms with Crippen molar-refractivity contribution in [3.63, 3.8) is 0 Å². The molecule has 1 aliphatic carbocycles. The summed E-state index contributed by atoms with van der Waals surface area (Å²) in [6.07, 6.45) is 9.57. The fraction of sp³-hybridized carbons (Fsp3) is 0.895. The zero-order valence-corrected chi connectivity index (χ0v) is 15.0. The van der Waals surface area contributed by atoms with E-state index in [9.17, 15) is 9.59 Å². The van der Waals surface area contributed by atoms with Crippen LogP contribution in [0.1, 0.15) is 64.7 Å². The number of amides is 2. The van der Waals surface area contributed by atoms with Crippen molar-refractivity contribution in [2.24, 2.45) is 5.92 Å². The predicted molar refractivity (Wildman–Crippen MR) is 92.5 cm³/mol. The minimum atomic E-state index is 0.150. The Labute approximate surface area is 145 Å². The van der Waals surface area contributed by atoms with Gasteiger partial charge in [-0.05, 0) is 44.4 Å². The van der Waals surface area contributed by atoms with Crippen molar-refractivity contribution in [3.8, 4) is 0 Å². The quantitative estimate of drug-likeness (QED) is 0.793. The van der Waals surface area contributed by atoms with Gasteiger partial charge >= 0.3 is 0 Å². The van der Waals surface area contributed by atoms with E-state index in [0.717, 1.165) is 52.0 Å². The number of ether oxygens (including phenoxy) is 1. The lowest BCUT2D eigenvalue weighted by molar-refractivity contribution is -0.142. The molecule has 3 fully saturated rings. The molecule has 1 atom stereocenters. The zero-order valence-electron chi connectivity index (χ0n) is 15.0. The van der Waals surface area contributed by atoms with Crippen LogP contribution >= 0.6 is 0 Å². The molecule has 3 rings (SSSR count). The van der Waals surface area contributed by atoms with E-state index in [1.165, 1.54) is 25.7 Å². The Balaban J connectivity index is 1.59. The van der Waals surface area contributed by atoms with Gasteiger partial charge in [-0.2, -0.15) is 0 Å². The highest BCUT2D eigenvalue weighted by Gasteiger charge is 2.34. The van der Waals surface area contributed by atoms with Crippen LogP contribution in [0.25, 0.3) is 0 Å². The molecule has 3 aliphatic rings. The minimum absolute atomic E-state index is 0.150. The van der Waals surface area contributed by atoms with Crippen LogP contribution < -0.4 is 0 Å². The summed E-state index contributed by atoms with van der Waals surface area (Å²) in [5.41, 5.74) is 0. The number of likely N-dealkylation sites (tertiary alicyclic amines) is 1. The first kappa shape index (κ1) is 17.7. The molecule has 0 spiro atoms. The van der Waals surface area contributed by atoms with Gasteiger partial charge in [0.05, 0.1) is 0 Å². The Morgan fingerprint density at radius 2 is 1.71 bits per heavy atom.